The maximum atomic E-state index is 5.55. The van der Waals surface area contributed by atoms with E-state index in [9.17, 15) is 0 Å². The van der Waals surface area contributed by atoms with E-state index in [-0.39, 0.29) is 0 Å². The van der Waals surface area contributed by atoms with Gasteiger partial charge in [-0.25, -0.2) is 0 Å². The van der Waals surface area contributed by atoms with Crippen LogP contribution in [0.5, 0.6) is 0 Å². The van der Waals surface area contributed by atoms with Crippen molar-refractivity contribution in [3.63, 3.8) is 0 Å². The molecule has 3 nitrogen and oxygen atoms in total. The maximum absolute atomic E-state index is 5.55. The van der Waals surface area contributed by atoms with Crippen LogP contribution in [-0.2, 0) is 0 Å². The highest BCUT2D eigenvalue weighted by molar-refractivity contribution is 4.89. The molecule has 1 fully saturated rings. The Morgan fingerprint density at radius 1 is 1.33 bits per heavy atom. The van der Waals surface area contributed by atoms with Gasteiger partial charge in [0.2, 0.25) is 0 Å². The Labute approximate surface area is 94.6 Å². The highest BCUT2D eigenvalue weighted by Gasteiger charge is 2.32. The Kier molecular flexibility index (Phi) is 4.56. The second-order valence-electron chi connectivity index (χ2n) is 5.48. The molecule has 1 atom stereocenters. The van der Waals surface area contributed by atoms with E-state index in [2.05, 4.69) is 37.6 Å². The molecule has 2 N–H and O–H groups in total. The molecule has 1 saturated heterocycles. The molecule has 0 spiro atoms. The first-order valence-electron chi connectivity index (χ1n) is 6.13. The number of piperazine rings is 1. The lowest BCUT2D eigenvalue weighted by Gasteiger charge is -2.47. The topological polar surface area (TPSA) is 32.5 Å². The van der Waals surface area contributed by atoms with Crippen molar-refractivity contribution in [3.8, 4) is 0 Å². The van der Waals surface area contributed by atoms with Crippen LogP contribution in [0.15, 0.2) is 0 Å². The largest absolute Gasteiger partial charge is 0.330 e. The summed E-state index contributed by atoms with van der Waals surface area (Å²) in [5, 5.41) is 0. The zero-order valence-electron chi connectivity index (χ0n) is 10.8. The normalized spacial score (nSPS) is 25.4. The zero-order chi connectivity index (χ0) is 11.5. The van der Waals surface area contributed by atoms with Crippen LogP contribution in [0.3, 0.4) is 0 Å². The standard InChI is InChI=1S/C12H27N3/c1-11(6-5-7-13)15-9-8-14(4)12(2,3)10-15/h11H,5-10,13H2,1-4H3. The van der Waals surface area contributed by atoms with Gasteiger partial charge in [0.1, 0.15) is 0 Å². The molecule has 90 valence electrons. The number of likely N-dealkylation sites (N-methyl/N-ethyl adjacent to an activating group) is 1. The maximum Gasteiger partial charge on any atom is 0.0277 e. The summed E-state index contributed by atoms with van der Waals surface area (Å²) in [6.07, 6.45) is 2.38. The van der Waals surface area contributed by atoms with Gasteiger partial charge in [-0.2, -0.15) is 0 Å². The van der Waals surface area contributed by atoms with E-state index in [1.807, 2.05) is 0 Å². The van der Waals surface area contributed by atoms with E-state index in [0.717, 1.165) is 13.0 Å². The SMILES string of the molecule is CC(CCCN)N1CCN(C)C(C)(C)C1. The molecule has 1 unspecified atom stereocenters. The smallest absolute Gasteiger partial charge is 0.0277 e. The summed E-state index contributed by atoms with van der Waals surface area (Å²) in [7, 11) is 2.22. The number of hydrogen-bond acceptors (Lipinski definition) is 3. The predicted molar refractivity (Wildman–Crippen MR) is 66.0 cm³/mol. The second kappa shape index (κ2) is 5.28. The zero-order valence-corrected chi connectivity index (χ0v) is 10.8. The highest BCUT2D eigenvalue weighted by atomic mass is 15.3. The first-order chi connectivity index (χ1) is 6.97. The molecule has 1 aliphatic rings. The van der Waals surface area contributed by atoms with Gasteiger partial charge in [0.15, 0.2) is 0 Å². The van der Waals surface area contributed by atoms with Crippen LogP contribution in [0.4, 0.5) is 0 Å². The molecule has 0 aliphatic carbocycles. The van der Waals surface area contributed by atoms with Gasteiger partial charge in [-0.1, -0.05) is 0 Å². The van der Waals surface area contributed by atoms with Crippen molar-refractivity contribution >= 4 is 0 Å². The van der Waals surface area contributed by atoms with Crippen LogP contribution in [0, 0.1) is 0 Å². The molecule has 15 heavy (non-hydrogen) atoms. The Morgan fingerprint density at radius 2 is 2.00 bits per heavy atom. The van der Waals surface area contributed by atoms with Gasteiger partial charge >= 0.3 is 0 Å². The lowest BCUT2D eigenvalue weighted by Crippen LogP contribution is -2.59. The van der Waals surface area contributed by atoms with Gasteiger partial charge in [0.25, 0.3) is 0 Å². The Hall–Kier alpha value is -0.120. The minimum Gasteiger partial charge on any atom is -0.330 e. The summed E-state index contributed by atoms with van der Waals surface area (Å²) in [5.41, 5.74) is 5.87. The quantitative estimate of drug-likeness (QED) is 0.760. The predicted octanol–water partition coefficient (Wildman–Crippen LogP) is 1.14. The molecular weight excluding hydrogens is 186 g/mol. The van der Waals surface area contributed by atoms with Crippen LogP contribution >= 0.6 is 0 Å². The van der Waals surface area contributed by atoms with Crippen LogP contribution in [0.2, 0.25) is 0 Å². The van der Waals surface area contributed by atoms with Crippen molar-refractivity contribution in [2.45, 2.75) is 45.2 Å². The molecule has 0 saturated carbocycles. The Balaban J connectivity index is 2.44. The number of rotatable bonds is 4. The van der Waals surface area contributed by atoms with Gasteiger partial charge in [-0.3, -0.25) is 9.80 Å². The monoisotopic (exact) mass is 213 g/mol. The van der Waals surface area contributed by atoms with E-state index in [0.29, 0.717) is 11.6 Å². The molecule has 3 heteroatoms. The Bertz CT molecular complexity index is 191. The third kappa shape index (κ3) is 3.44. The summed E-state index contributed by atoms with van der Waals surface area (Å²) in [6.45, 7) is 11.4. The van der Waals surface area contributed by atoms with E-state index in [1.54, 1.807) is 0 Å². The van der Waals surface area contributed by atoms with Gasteiger partial charge in [0, 0.05) is 31.2 Å². The summed E-state index contributed by atoms with van der Waals surface area (Å²) >= 11 is 0. The summed E-state index contributed by atoms with van der Waals surface area (Å²) in [5.74, 6) is 0. The fraction of sp³-hybridized carbons (Fsp3) is 1.00. The van der Waals surface area contributed by atoms with Gasteiger partial charge < -0.3 is 5.73 Å². The summed E-state index contributed by atoms with van der Waals surface area (Å²) in [4.78, 5) is 5.06. The summed E-state index contributed by atoms with van der Waals surface area (Å²) < 4.78 is 0. The van der Waals surface area contributed by atoms with Crippen LogP contribution in [-0.4, -0.2) is 54.6 Å². The van der Waals surface area contributed by atoms with E-state index >= 15 is 0 Å². The number of nitrogens with two attached hydrogens (primary N) is 1. The number of hydrogen-bond donors (Lipinski definition) is 1. The van der Waals surface area contributed by atoms with Crippen molar-refractivity contribution in [3.05, 3.63) is 0 Å². The molecule has 0 aromatic heterocycles. The summed E-state index contributed by atoms with van der Waals surface area (Å²) in [6, 6.07) is 0.682. The molecule has 1 heterocycles. The molecule has 0 amide bonds. The van der Waals surface area contributed by atoms with Crippen LogP contribution < -0.4 is 5.73 Å². The first-order valence-corrected chi connectivity index (χ1v) is 6.13. The van der Waals surface area contributed by atoms with Crippen LogP contribution in [0.25, 0.3) is 0 Å². The molecular formula is C12H27N3. The fourth-order valence-corrected chi connectivity index (χ4v) is 2.25. The first kappa shape index (κ1) is 12.9. The van der Waals surface area contributed by atoms with Crippen molar-refractivity contribution in [2.24, 2.45) is 5.73 Å². The lowest BCUT2D eigenvalue weighted by atomic mass is 9.97. The van der Waals surface area contributed by atoms with E-state index in [1.165, 1.54) is 26.1 Å². The molecule has 0 radical (unpaired) electrons. The second-order valence-corrected chi connectivity index (χ2v) is 5.48. The Morgan fingerprint density at radius 3 is 2.53 bits per heavy atom. The van der Waals surface area contributed by atoms with Gasteiger partial charge in [-0.15, -0.1) is 0 Å². The number of nitrogens with zero attached hydrogens (tertiary/aromatic N) is 2. The van der Waals surface area contributed by atoms with Crippen molar-refractivity contribution < 1.29 is 0 Å². The van der Waals surface area contributed by atoms with Crippen LogP contribution in [0.1, 0.15) is 33.6 Å². The van der Waals surface area contributed by atoms with Crippen molar-refractivity contribution in [1.82, 2.24) is 9.80 Å². The van der Waals surface area contributed by atoms with Gasteiger partial charge in [-0.05, 0) is 47.2 Å². The molecule has 0 bridgehead atoms. The average Bonchev–Trinajstić information content (AvgIpc) is 2.18. The highest BCUT2D eigenvalue weighted by Crippen LogP contribution is 2.21. The minimum atomic E-state index is 0.315. The van der Waals surface area contributed by atoms with E-state index < -0.39 is 0 Å². The van der Waals surface area contributed by atoms with Gasteiger partial charge in [0.05, 0.1) is 0 Å². The van der Waals surface area contributed by atoms with Crippen molar-refractivity contribution in [2.75, 3.05) is 33.2 Å². The third-order valence-electron chi connectivity index (χ3n) is 3.80. The minimum absolute atomic E-state index is 0.315. The molecule has 0 aromatic carbocycles. The lowest BCUT2D eigenvalue weighted by molar-refractivity contribution is 0.0186. The third-order valence-corrected chi connectivity index (χ3v) is 3.80. The average molecular weight is 213 g/mol. The fourth-order valence-electron chi connectivity index (χ4n) is 2.25. The van der Waals surface area contributed by atoms with Crippen molar-refractivity contribution in [1.29, 1.82) is 0 Å². The van der Waals surface area contributed by atoms with E-state index in [4.69, 9.17) is 5.73 Å². The molecule has 1 rings (SSSR count). The molecule has 0 aromatic rings. The molecule has 1 aliphatic heterocycles.